The molecule has 1 saturated heterocycles. The Morgan fingerprint density at radius 3 is 2.90 bits per heavy atom. The van der Waals surface area contributed by atoms with Crippen molar-refractivity contribution >= 4 is 17.7 Å². The molecule has 1 N–H and O–H groups in total. The molecule has 30 heavy (non-hydrogen) atoms. The second-order valence-corrected chi connectivity index (χ2v) is 8.09. The Morgan fingerprint density at radius 2 is 2.10 bits per heavy atom. The Morgan fingerprint density at radius 1 is 1.23 bits per heavy atom. The molecule has 1 aliphatic heterocycles. The van der Waals surface area contributed by atoms with Crippen molar-refractivity contribution in [1.29, 1.82) is 0 Å². The summed E-state index contributed by atoms with van der Waals surface area (Å²) in [5.41, 5.74) is 1.29. The minimum absolute atomic E-state index is 0.00297. The molecule has 2 aromatic heterocycles. The van der Waals surface area contributed by atoms with E-state index in [1.54, 1.807) is 12.3 Å². The smallest absolute Gasteiger partial charge is 0.230 e. The van der Waals surface area contributed by atoms with Gasteiger partial charge in [0.15, 0.2) is 16.7 Å². The standard InChI is InChI=1S/C21H25N5O3S/c1-25-20(18-8-5-10-29-18)23-24-21(25)30-15-19(27)22-12-17-14-26(9-11-28-17)13-16-6-3-2-4-7-16/h2-8,10,17H,9,11-15H2,1H3,(H,22,27). The van der Waals surface area contributed by atoms with Crippen molar-refractivity contribution < 1.29 is 13.9 Å². The number of amides is 1. The number of ether oxygens (including phenoxy) is 1. The minimum atomic E-state index is -0.0497. The number of hydrogen-bond donors (Lipinski definition) is 1. The number of aromatic nitrogens is 3. The van der Waals surface area contributed by atoms with Crippen molar-refractivity contribution in [2.75, 3.05) is 32.0 Å². The van der Waals surface area contributed by atoms with E-state index in [1.165, 1.54) is 17.3 Å². The Balaban J connectivity index is 1.21. The third kappa shape index (κ3) is 5.29. The molecule has 1 fully saturated rings. The predicted octanol–water partition coefficient (Wildman–Crippen LogP) is 2.18. The van der Waals surface area contributed by atoms with E-state index in [1.807, 2.05) is 23.7 Å². The van der Waals surface area contributed by atoms with Crippen molar-refractivity contribution in [2.45, 2.75) is 17.8 Å². The lowest BCUT2D eigenvalue weighted by atomic mass is 10.2. The van der Waals surface area contributed by atoms with E-state index in [0.29, 0.717) is 29.9 Å². The van der Waals surface area contributed by atoms with Crippen LogP contribution in [0.2, 0.25) is 0 Å². The molecule has 1 unspecified atom stereocenters. The number of thioether (sulfide) groups is 1. The van der Waals surface area contributed by atoms with Gasteiger partial charge in [-0.2, -0.15) is 0 Å². The van der Waals surface area contributed by atoms with E-state index < -0.39 is 0 Å². The first kappa shape index (κ1) is 20.6. The summed E-state index contributed by atoms with van der Waals surface area (Å²) in [4.78, 5) is 14.7. The number of benzene rings is 1. The molecule has 1 aliphatic rings. The first-order chi connectivity index (χ1) is 14.7. The van der Waals surface area contributed by atoms with Crippen molar-refractivity contribution in [2.24, 2.45) is 7.05 Å². The maximum atomic E-state index is 12.3. The van der Waals surface area contributed by atoms with Crippen molar-refractivity contribution in [3.63, 3.8) is 0 Å². The largest absolute Gasteiger partial charge is 0.461 e. The van der Waals surface area contributed by atoms with Crippen LogP contribution in [0.25, 0.3) is 11.6 Å². The van der Waals surface area contributed by atoms with Gasteiger partial charge in [0, 0.05) is 33.2 Å². The molecule has 1 amide bonds. The average Bonchev–Trinajstić information content (AvgIpc) is 3.41. The highest BCUT2D eigenvalue weighted by molar-refractivity contribution is 7.99. The van der Waals surface area contributed by atoms with E-state index in [0.717, 1.165) is 19.6 Å². The molecule has 158 valence electrons. The Bertz CT molecular complexity index is 945. The molecule has 0 spiro atoms. The van der Waals surface area contributed by atoms with Gasteiger partial charge in [-0.25, -0.2) is 0 Å². The molecular formula is C21H25N5O3S. The fourth-order valence-electron chi connectivity index (χ4n) is 3.36. The molecule has 1 aromatic carbocycles. The van der Waals surface area contributed by atoms with Gasteiger partial charge in [0.05, 0.1) is 24.7 Å². The highest BCUT2D eigenvalue weighted by atomic mass is 32.2. The highest BCUT2D eigenvalue weighted by Gasteiger charge is 2.21. The Labute approximate surface area is 179 Å². The van der Waals surface area contributed by atoms with E-state index in [4.69, 9.17) is 9.15 Å². The lowest BCUT2D eigenvalue weighted by molar-refractivity contribution is -0.119. The van der Waals surface area contributed by atoms with E-state index in [2.05, 4.69) is 44.7 Å². The van der Waals surface area contributed by atoms with E-state index in [-0.39, 0.29) is 17.8 Å². The normalized spacial score (nSPS) is 17.2. The van der Waals surface area contributed by atoms with Gasteiger partial charge in [-0.1, -0.05) is 42.1 Å². The maximum absolute atomic E-state index is 12.3. The number of nitrogens with one attached hydrogen (secondary N) is 1. The molecule has 0 aliphatic carbocycles. The maximum Gasteiger partial charge on any atom is 0.230 e. The van der Waals surface area contributed by atoms with Crippen LogP contribution in [0.5, 0.6) is 0 Å². The molecule has 4 rings (SSSR count). The summed E-state index contributed by atoms with van der Waals surface area (Å²) in [6, 6.07) is 14.0. The van der Waals surface area contributed by atoms with Crippen LogP contribution in [0.3, 0.4) is 0 Å². The number of rotatable bonds is 8. The van der Waals surface area contributed by atoms with Crippen LogP contribution in [-0.4, -0.2) is 63.7 Å². The van der Waals surface area contributed by atoms with Gasteiger partial charge in [-0.15, -0.1) is 10.2 Å². The quantitative estimate of drug-likeness (QED) is 0.552. The van der Waals surface area contributed by atoms with Gasteiger partial charge in [0.1, 0.15) is 0 Å². The summed E-state index contributed by atoms with van der Waals surface area (Å²) in [5, 5.41) is 11.9. The van der Waals surface area contributed by atoms with E-state index in [9.17, 15) is 4.79 Å². The second-order valence-electron chi connectivity index (χ2n) is 7.15. The fourth-order valence-corrected chi connectivity index (χ4v) is 4.10. The average molecular weight is 428 g/mol. The minimum Gasteiger partial charge on any atom is -0.461 e. The van der Waals surface area contributed by atoms with Gasteiger partial charge >= 0.3 is 0 Å². The highest BCUT2D eigenvalue weighted by Crippen LogP contribution is 2.22. The molecule has 3 aromatic rings. The summed E-state index contributed by atoms with van der Waals surface area (Å²) in [6.45, 7) is 3.78. The number of carbonyl (C=O) groups excluding carboxylic acids is 1. The monoisotopic (exact) mass is 427 g/mol. The summed E-state index contributed by atoms with van der Waals surface area (Å²) in [6.07, 6.45) is 1.59. The summed E-state index contributed by atoms with van der Waals surface area (Å²) < 4.78 is 13.0. The van der Waals surface area contributed by atoms with Gasteiger partial charge in [-0.3, -0.25) is 9.69 Å². The summed E-state index contributed by atoms with van der Waals surface area (Å²) >= 11 is 1.35. The first-order valence-corrected chi connectivity index (χ1v) is 10.9. The zero-order chi connectivity index (χ0) is 20.8. The lowest BCUT2D eigenvalue weighted by Crippen LogP contribution is -2.47. The van der Waals surface area contributed by atoms with Crippen LogP contribution in [0.1, 0.15) is 5.56 Å². The molecule has 3 heterocycles. The lowest BCUT2D eigenvalue weighted by Gasteiger charge is -2.33. The number of hydrogen-bond acceptors (Lipinski definition) is 7. The number of carbonyl (C=O) groups is 1. The van der Waals surface area contributed by atoms with Crippen LogP contribution in [0.4, 0.5) is 0 Å². The number of morpholine rings is 1. The van der Waals surface area contributed by atoms with Crippen LogP contribution >= 0.6 is 11.8 Å². The van der Waals surface area contributed by atoms with Gasteiger partial charge in [0.25, 0.3) is 0 Å². The van der Waals surface area contributed by atoms with E-state index >= 15 is 0 Å². The Hall–Kier alpha value is -2.62. The van der Waals surface area contributed by atoms with Crippen molar-refractivity contribution in [3.05, 3.63) is 54.3 Å². The Kier molecular flexibility index (Phi) is 6.83. The SMILES string of the molecule is Cn1c(SCC(=O)NCC2CN(Cc3ccccc3)CCO2)nnc1-c1ccco1. The summed E-state index contributed by atoms with van der Waals surface area (Å²) in [5.74, 6) is 1.50. The molecule has 0 bridgehead atoms. The fraction of sp³-hybridized carbons (Fsp3) is 0.381. The van der Waals surface area contributed by atoms with Crippen LogP contribution in [0, 0.1) is 0 Å². The molecule has 0 radical (unpaired) electrons. The van der Waals surface area contributed by atoms with Gasteiger partial charge < -0.3 is 19.0 Å². The third-order valence-corrected chi connectivity index (χ3v) is 5.93. The molecule has 1 atom stereocenters. The zero-order valence-corrected chi connectivity index (χ0v) is 17.7. The van der Waals surface area contributed by atoms with Gasteiger partial charge in [-0.05, 0) is 17.7 Å². The van der Waals surface area contributed by atoms with Crippen molar-refractivity contribution in [1.82, 2.24) is 25.0 Å². The number of furan rings is 1. The van der Waals surface area contributed by atoms with Crippen LogP contribution in [-0.2, 0) is 23.1 Å². The molecule has 0 saturated carbocycles. The van der Waals surface area contributed by atoms with Gasteiger partial charge in [0.2, 0.25) is 5.91 Å². The molecule has 9 heteroatoms. The van der Waals surface area contributed by atoms with Crippen LogP contribution in [0.15, 0.2) is 58.3 Å². The predicted molar refractivity (Wildman–Crippen MR) is 114 cm³/mol. The zero-order valence-electron chi connectivity index (χ0n) is 16.9. The summed E-state index contributed by atoms with van der Waals surface area (Å²) in [7, 11) is 1.86. The van der Waals surface area contributed by atoms with Crippen LogP contribution < -0.4 is 5.32 Å². The van der Waals surface area contributed by atoms with Crippen molar-refractivity contribution in [3.8, 4) is 11.6 Å². The topological polar surface area (TPSA) is 85.4 Å². The molecule has 8 nitrogen and oxygen atoms in total. The number of nitrogens with zero attached hydrogens (tertiary/aromatic N) is 4. The first-order valence-electron chi connectivity index (χ1n) is 9.89. The molecular weight excluding hydrogens is 402 g/mol. The second kappa shape index (κ2) is 9.92. The third-order valence-electron chi connectivity index (χ3n) is 4.91.